The quantitative estimate of drug-likeness (QED) is 0.559. The first kappa shape index (κ1) is 19.9. The molecule has 2 aromatic rings. The molecule has 0 aliphatic heterocycles. The summed E-state index contributed by atoms with van der Waals surface area (Å²) in [7, 11) is 1.36. The van der Waals surface area contributed by atoms with E-state index in [1.807, 2.05) is 0 Å². The number of non-ortho nitro benzene ring substituents is 1. The van der Waals surface area contributed by atoms with Crippen molar-refractivity contribution in [3.05, 3.63) is 61.6 Å². The van der Waals surface area contributed by atoms with E-state index >= 15 is 0 Å². The first-order valence-electron chi connectivity index (χ1n) is 7.46. The number of amides is 1. The normalized spacial score (nSPS) is 11.4. The monoisotopic (exact) mass is 395 g/mol. The third-order valence-corrected chi connectivity index (χ3v) is 3.75. The lowest BCUT2D eigenvalue weighted by Gasteiger charge is -2.15. The summed E-state index contributed by atoms with van der Waals surface area (Å²) in [6.45, 7) is 1.41. The van der Waals surface area contributed by atoms with Gasteiger partial charge in [-0.2, -0.15) is 0 Å². The predicted molar refractivity (Wildman–Crippen MR) is 96.5 cm³/mol. The summed E-state index contributed by atoms with van der Waals surface area (Å²) in [6, 6.07) is 7.51. The molecule has 0 fully saturated rings. The van der Waals surface area contributed by atoms with Crippen molar-refractivity contribution in [2.75, 3.05) is 12.4 Å². The molecule has 11 heteroatoms. The fourth-order valence-electron chi connectivity index (χ4n) is 2.07. The van der Waals surface area contributed by atoms with Crippen LogP contribution < -0.4 is 14.8 Å². The van der Waals surface area contributed by atoms with Crippen LogP contribution in [0.5, 0.6) is 11.5 Å². The van der Waals surface area contributed by atoms with Crippen molar-refractivity contribution in [3.8, 4) is 11.5 Å². The van der Waals surface area contributed by atoms with Crippen LogP contribution in [0.15, 0.2) is 36.4 Å². The highest BCUT2D eigenvalue weighted by molar-refractivity contribution is 6.32. The fourth-order valence-corrected chi connectivity index (χ4v) is 2.29. The second-order valence-electron chi connectivity index (χ2n) is 5.26. The van der Waals surface area contributed by atoms with Crippen molar-refractivity contribution in [1.29, 1.82) is 0 Å². The number of hydrogen-bond acceptors (Lipinski definition) is 7. The Morgan fingerprint density at radius 2 is 1.85 bits per heavy atom. The van der Waals surface area contributed by atoms with Crippen LogP contribution in [0.25, 0.3) is 0 Å². The number of methoxy groups -OCH3 is 1. The van der Waals surface area contributed by atoms with E-state index in [0.717, 1.165) is 6.07 Å². The Labute approximate surface area is 157 Å². The first-order chi connectivity index (χ1) is 12.7. The van der Waals surface area contributed by atoms with E-state index in [2.05, 4.69) is 5.32 Å². The Morgan fingerprint density at radius 1 is 1.15 bits per heavy atom. The molecular weight excluding hydrogens is 382 g/mol. The molecule has 27 heavy (non-hydrogen) atoms. The van der Waals surface area contributed by atoms with E-state index in [0.29, 0.717) is 0 Å². The lowest BCUT2D eigenvalue weighted by atomic mass is 10.2. The zero-order valence-electron chi connectivity index (χ0n) is 14.2. The van der Waals surface area contributed by atoms with E-state index in [4.69, 9.17) is 21.1 Å². The minimum absolute atomic E-state index is 0.0314. The predicted octanol–water partition coefficient (Wildman–Crippen LogP) is 3.57. The van der Waals surface area contributed by atoms with Crippen LogP contribution in [-0.4, -0.2) is 29.0 Å². The van der Waals surface area contributed by atoms with Gasteiger partial charge in [0.2, 0.25) is 0 Å². The molecule has 0 bridgehead atoms. The lowest BCUT2D eigenvalue weighted by molar-refractivity contribution is -0.384. The van der Waals surface area contributed by atoms with E-state index in [1.165, 1.54) is 44.4 Å². The van der Waals surface area contributed by atoms with Crippen LogP contribution in [0.3, 0.4) is 0 Å². The zero-order chi connectivity index (χ0) is 20.1. The van der Waals surface area contributed by atoms with E-state index in [9.17, 15) is 25.0 Å². The SMILES string of the molecule is COc1ccc(NC(=O)[C@@H](C)Oc2ccc([N+](=O)[O-])cc2Cl)c([N+](=O)[O-])c1. The van der Waals surface area contributed by atoms with E-state index < -0.39 is 21.9 Å². The van der Waals surface area contributed by atoms with Crippen molar-refractivity contribution in [1.82, 2.24) is 0 Å². The molecule has 142 valence electrons. The number of nitro groups is 2. The molecule has 0 radical (unpaired) electrons. The third kappa shape index (κ3) is 4.82. The van der Waals surface area contributed by atoms with Gasteiger partial charge in [-0.25, -0.2) is 0 Å². The Morgan fingerprint density at radius 3 is 2.41 bits per heavy atom. The number of ether oxygens (including phenoxy) is 2. The van der Waals surface area contributed by atoms with Gasteiger partial charge in [0.1, 0.15) is 17.2 Å². The van der Waals surface area contributed by atoms with Gasteiger partial charge in [0, 0.05) is 12.1 Å². The topological polar surface area (TPSA) is 134 Å². The summed E-state index contributed by atoms with van der Waals surface area (Å²) in [5, 5.41) is 24.2. The number of nitro benzene ring substituents is 2. The van der Waals surface area contributed by atoms with Crippen LogP contribution in [-0.2, 0) is 4.79 Å². The molecule has 0 saturated carbocycles. The second kappa shape index (κ2) is 8.32. The molecule has 0 heterocycles. The third-order valence-electron chi connectivity index (χ3n) is 3.46. The highest BCUT2D eigenvalue weighted by Crippen LogP contribution is 2.31. The van der Waals surface area contributed by atoms with Gasteiger partial charge < -0.3 is 14.8 Å². The van der Waals surface area contributed by atoms with Crippen molar-refractivity contribution in [3.63, 3.8) is 0 Å². The highest BCUT2D eigenvalue weighted by atomic mass is 35.5. The number of nitrogens with zero attached hydrogens (tertiary/aromatic N) is 2. The van der Waals surface area contributed by atoms with Gasteiger partial charge in [-0.1, -0.05) is 11.6 Å². The molecule has 0 spiro atoms. The highest BCUT2D eigenvalue weighted by Gasteiger charge is 2.22. The number of carbonyl (C=O) groups excluding carboxylic acids is 1. The number of anilines is 1. The molecule has 0 saturated heterocycles. The zero-order valence-corrected chi connectivity index (χ0v) is 14.9. The molecule has 2 aromatic carbocycles. The van der Waals surface area contributed by atoms with E-state index in [1.54, 1.807) is 0 Å². The average molecular weight is 396 g/mol. The summed E-state index contributed by atoms with van der Waals surface area (Å²) < 4.78 is 10.3. The van der Waals surface area contributed by atoms with Gasteiger partial charge in [-0.05, 0) is 25.1 Å². The fraction of sp³-hybridized carbons (Fsp3) is 0.188. The Bertz CT molecular complexity index is 904. The van der Waals surface area contributed by atoms with Gasteiger partial charge in [0.15, 0.2) is 6.10 Å². The van der Waals surface area contributed by atoms with Gasteiger partial charge in [0.05, 0.1) is 28.0 Å². The number of hydrogen-bond donors (Lipinski definition) is 1. The number of nitrogens with one attached hydrogen (secondary N) is 1. The van der Waals surface area contributed by atoms with Crippen LogP contribution in [0.1, 0.15) is 6.92 Å². The van der Waals surface area contributed by atoms with E-state index in [-0.39, 0.29) is 33.6 Å². The molecule has 10 nitrogen and oxygen atoms in total. The van der Waals surface area contributed by atoms with Gasteiger partial charge in [-0.3, -0.25) is 25.0 Å². The Kier molecular flexibility index (Phi) is 6.14. The smallest absolute Gasteiger partial charge is 0.296 e. The maximum Gasteiger partial charge on any atom is 0.296 e. The van der Waals surface area contributed by atoms with Crippen LogP contribution in [0, 0.1) is 20.2 Å². The van der Waals surface area contributed by atoms with Crippen LogP contribution >= 0.6 is 11.6 Å². The number of halogens is 1. The summed E-state index contributed by atoms with van der Waals surface area (Å²) in [4.78, 5) is 32.9. The average Bonchev–Trinajstić information content (AvgIpc) is 2.63. The Balaban J connectivity index is 2.15. The summed E-state index contributed by atoms with van der Waals surface area (Å²) >= 11 is 5.92. The molecule has 0 aliphatic carbocycles. The number of benzene rings is 2. The maximum atomic E-state index is 12.3. The number of rotatable bonds is 7. The van der Waals surface area contributed by atoms with Gasteiger partial charge in [0.25, 0.3) is 17.3 Å². The standard InChI is InChI=1S/C16H14ClN3O7/c1-9(27-15-6-3-10(19(22)23)7-12(15)17)16(21)18-13-5-4-11(26-2)8-14(13)20(24)25/h3-9H,1-2H3,(H,18,21)/t9-/m1/s1. The molecule has 0 aromatic heterocycles. The molecule has 0 aliphatic rings. The van der Waals surface area contributed by atoms with Gasteiger partial charge >= 0.3 is 0 Å². The first-order valence-corrected chi connectivity index (χ1v) is 7.84. The summed E-state index contributed by atoms with van der Waals surface area (Å²) in [5.74, 6) is -0.339. The minimum Gasteiger partial charge on any atom is -0.496 e. The summed E-state index contributed by atoms with van der Waals surface area (Å²) in [5.41, 5.74) is -0.599. The molecule has 1 amide bonds. The van der Waals surface area contributed by atoms with Crippen molar-refractivity contribution in [2.45, 2.75) is 13.0 Å². The van der Waals surface area contributed by atoms with Crippen LogP contribution in [0.2, 0.25) is 5.02 Å². The van der Waals surface area contributed by atoms with Crippen LogP contribution in [0.4, 0.5) is 17.1 Å². The van der Waals surface area contributed by atoms with Gasteiger partial charge in [-0.15, -0.1) is 0 Å². The number of carbonyl (C=O) groups is 1. The largest absolute Gasteiger partial charge is 0.496 e. The second-order valence-corrected chi connectivity index (χ2v) is 5.67. The Hall–Kier alpha value is -3.40. The lowest BCUT2D eigenvalue weighted by Crippen LogP contribution is -2.30. The molecule has 1 atom stereocenters. The molecular formula is C16H14ClN3O7. The molecule has 0 unspecified atom stereocenters. The van der Waals surface area contributed by atoms with Crippen molar-refractivity contribution < 1.29 is 24.1 Å². The molecule has 1 N–H and O–H groups in total. The minimum atomic E-state index is -1.08. The van der Waals surface area contributed by atoms with Crippen molar-refractivity contribution >= 4 is 34.6 Å². The maximum absolute atomic E-state index is 12.3. The van der Waals surface area contributed by atoms with Crippen molar-refractivity contribution in [2.24, 2.45) is 0 Å². The summed E-state index contributed by atoms with van der Waals surface area (Å²) in [6.07, 6.45) is -1.08. The molecule has 2 rings (SSSR count).